The van der Waals surface area contributed by atoms with Crippen LogP contribution in [-0.2, 0) is 0 Å². The Morgan fingerprint density at radius 1 is 0.383 bits per heavy atom. The van der Waals surface area contributed by atoms with E-state index in [1.807, 2.05) is 0 Å². The Morgan fingerprint density at radius 3 is 1.66 bits per heavy atom. The van der Waals surface area contributed by atoms with Crippen LogP contribution >= 0.6 is 0 Å². The van der Waals surface area contributed by atoms with Crippen LogP contribution in [0.5, 0.6) is 0 Å². The number of benzene rings is 7. The first-order valence-electron chi connectivity index (χ1n) is 16.1. The van der Waals surface area contributed by atoms with Crippen molar-refractivity contribution in [3.8, 4) is 45.0 Å². The van der Waals surface area contributed by atoms with Crippen LogP contribution in [0.15, 0.2) is 170 Å². The van der Waals surface area contributed by atoms with Gasteiger partial charge in [0.25, 0.3) is 0 Å². The molecule has 0 spiro atoms. The van der Waals surface area contributed by atoms with Gasteiger partial charge in [0.05, 0.1) is 22.1 Å². The average molecular weight is 602 g/mol. The molecule has 7 aromatic carbocycles. The Kier molecular flexibility index (Phi) is 6.36. The molecule has 0 N–H and O–H groups in total. The molecule has 0 amide bonds. The number of hydrogen-bond acceptors (Lipinski definition) is 1. The van der Waals surface area contributed by atoms with E-state index >= 15 is 0 Å². The predicted octanol–water partition coefficient (Wildman–Crippen LogP) is 11.4. The summed E-state index contributed by atoms with van der Waals surface area (Å²) in [4.78, 5) is 5.13. The van der Waals surface area contributed by atoms with Crippen LogP contribution in [0.3, 0.4) is 0 Å². The van der Waals surface area contributed by atoms with Crippen LogP contribution in [0.2, 0.25) is 0 Å². The highest BCUT2D eigenvalue weighted by molar-refractivity contribution is 6.11. The molecular formula is C44H31N3. The van der Waals surface area contributed by atoms with Gasteiger partial charge in [-0.2, -0.15) is 0 Å². The van der Waals surface area contributed by atoms with Gasteiger partial charge in [0.2, 0.25) is 0 Å². The molecule has 3 nitrogen and oxygen atoms in total. The van der Waals surface area contributed by atoms with E-state index in [0.29, 0.717) is 0 Å². The summed E-state index contributed by atoms with van der Waals surface area (Å²) in [5, 5.41) is 2.48. The lowest BCUT2D eigenvalue weighted by molar-refractivity contribution is 1.10. The van der Waals surface area contributed by atoms with Crippen molar-refractivity contribution in [3.05, 3.63) is 175 Å². The maximum atomic E-state index is 5.13. The van der Waals surface area contributed by atoms with Crippen LogP contribution in [0.4, 0.5) is 0 Å². The first-order chi connectivity index (χ1) is 23.2. The zero-order valence-corrected chi connectivity index (χ0v) is 26.0. The fourth-order valence-corrected chi connectivity index (χ4v) is 6.88. The Labute approximate surface area is 273 Å². The van der Waals surface area contributed by atoms with E-state index in [2.05, 4.69) is 186 Å². The summed E-state index contributed by atoms with van der Waals surface area (Å²) in [5.41, 5.74) is 13.8. The first-order valence-corrected chi connectivity index (χ1v) is 16.1. The highest BCUT2D eigenvalue weighted by atomic mass is 15.1. The van der Waals surface area contributed by atoms with E-state index in [1.54, 1.807) is 0 Å². The Hall–Kier alpha value is -6.19. The molecule has 0 fully saturated rings. The summed E-state index contributed by atoms with van der Waals surface area (Å²) in [6, 6.07) is 60.8. The van der Waals surface area contributed by atoms with Crippen molar-refractivity contribution in [3.63, 3.8) is 0 Å². The third kappa shape index (κ3) is 4.63. The van der Waals surface area contributed by atoms with Crippen molar-refractivity contribution in [2.75, 3.05) is 0 Å². The Bertz CT molecular complexity index is 2550. The Morgan fingerprint density at radius 2 is 0.936 bits per heavy atom. The predicted molar refractivity (Wildman–Crippen MR) is 196 cm³/mol. The number of imidazole rings is 1. The summed E-state index contributed by atoms with van der Waals surface area (Å²) in [6.45, 7) is 2.14. The van der Waals surface area contributed by atoms with E-state index in [-0.39, 0.29) is 0 Å². The number of rotatable bonds is 5. The molecule has 0 aliphatic carbocycles. The fourth-order valence-electron chi connectivity index (χ4n) is 6.88. The number of aromatic nitrogens is 3. The molecule has 0 aliphatic heterocycles. The van der Waals surface area contributed by atoms with Gasteiger partial charge in [-0.1, -0.05) is 109 Å². The van der Waals surface area contributed by atoms with E-state index in [9.17, 15) is 0 Å². The molecule has 2 heterocycles. The van der Waals surface area contributed by atoms with Crippen LogP contribution in [0.25, 0.3) is 77.9 Å². The van der Waals surface area contributed by atoms with E-state index in [4.69, 9.17) is 4.98 Å². The highest BCUT2D eigenvalue weighted by Crippen LogP contribution is 2.38. The second-order valence-corrected chi connectivity index (χ2v) is 12.2. The minimum absolute atomic E-state index is 0.934. The maximum Gasteiger partial charge on any atom is 0.145 e. The van der Waals surface area contributed by atoms with Gasteiger partial charge in [-0.25, -0.2) is 4.98 Å². The molecule has 9 aromatic rings. The smallest absolute Gasteiger partial charge is 0.145 e. The minimum Gasteiger partial charge on any atom is -0.309 e. The van der Waals surface area contributed by atoms with E-state index < -0.39 is 0 Å². The lowest BCUT2D eigenvalue weighted by atomic mass is 9.99. The van der Waals surface area contributed by atoms with E-state index in [0.717, 1.165) is 39.4 Å². The van der Waals surface area contributed by atoms with Gasteiger partial charge < -0.3 is 4.57 Å². The molecule has 0 bridgehead atoms. The molecule has 2 aromatic heterocycles. The molecule has 0 atom stereocenters. The van der Waals surface area contributed by atoms with Crippen LogP contribution in [0.1, 0.15) is 5.56 Å². The maximum absolute atomic E-state index is 5.13. The number of hydrogen-bond donors (Lipinski definition) is 0. The van der Waals surface area contributed by atoms with Crippen molar-refractivity contribution in [1.82, 2.24) is 14.1 Å². The highest BCUT2D eigenvalue weighted by Gasteiger charge is 2.17. The van der Waals surface area contributed by atoms with Gasteiger partial charge in [0.1, 0.15) is 5.82 Å². The topological polar surface area (TPSA) is 22.8 Å². The zero-order valence-electron chi connectivity index (χ0n) is 26.0. The van der Waals surface area contributed by atoms with Gasteiger partial charge in [-0.05, 0) is 95.9 Å². The molecule has 0 saturated heterocycles. The SMILES string of the molecule is Cc1ccc(-n2c3ccc(-c4ccccc4)cc3c3cc(-c4cccc(-c5nc6ccccc6n5-c5ccccc5)c4)ccc32)cc1. The van der Waals surface area contributed by atoms with Crippen molar-refractivity contribution in [1.29, 1.82) is 0 Å². The number of para-hydroxylation sites is 3. The number of aryl methyl sites for hydroxylation is 1. The second kappa shape index (κ2) is 11.0. The van der Waals surface area contributed by atoms with Crippen molar-refractivity contribution in [2.24, 2.45) is 0 Å². The average Bonchev–Trinajstić information content (AvgIpc) is 3.68. The third-order valence-electron chi connectivity index (χ3n) is 9.19. The normalized spacial score (nSPS) is 11.5. The molecule has 0 unspecified atom stereocenters. The molecule has 9 rings (SSSR count). The van der Waals surface area contributed by atoms with Crippen molar-refractivity contribution in [2.45, 2.75) is 6.92 Å². The Balaban J connectivity index is 1.23. The number of nitrogens with zero attached hydrogens (tertiary/aromatic N) is 3. The molecule has 47 heavy (non-hydrogen) atoms. The molecular weight excluding hydrogens is 571 g/mol. The van der Waals surface area contributed by atoms with Crippen molar-refractivity contribution < 1.29 is 0 Å². The molecule has 222 valence electrons. The molecule has 0 saturated carbocycles. The zero-order chi connectivity index (χ0) is 31.3. The molecule has 0 radical (unpaired) electrons. The van der Waals surface area contributed by atoms with Crippen LogP contribution in [0, 0.1) is 6.92 Å². The lowest BCUT2D eigenvalue weighted by Gasteiger charge is -2.11. The van der Waals surface area contributed by atoms with Gasteiger partial charge in [0, 0.05) is 27.7 Å². The summed E-state index contributed by atoms with van der Waals surface area (Å²) in [6.07, 6.45) is 0. The largest absolute Gasteiger partial charge is 0.309 e. The van der Waals surface area contributed by atoms with Gasteiger partial charge in [-0.15, -0.1) is 0 Å². The first kappa shape index (κ1) is 27.1. The summed E-state index contributed by atoms with van der Waals surface area (Å²) in [5.74, 6) is 0.934. The quantitative estimate of drug-likeness (QED) is 0.192. The van der Waals surface area contributed by atoms with Gasteiger partial charge >= 0.3 is 0 Å². The van der Waals surface area contributed by atoms with Crippen LogP contribution in [-0.4, -0.2) is 14.1 Å². The second-order valence-electron chi connectivity index (χ2n) is 12.2. The minimum atomic E-state index is 0.934. The van der Waals surface area contributed by atoms with Gasteiger partial charge in [0.15, 0.2) is 0 Å². The van der Waals surface area contributed by atoms with Crippen molar-refractivity contribution >= 4 is 32.8 Å². The summed E-state index contributed by atoms with van der Waals surface area (Å²) < 4.78 is 4.65. The van der Waals surface area contributed by atoms with E-state index in [1.165, 1.54) is 44.1 Å². The number of fused-ring (bicyclic) bond motifs is 4. The fraction of sp³-hybridized carbons (Fsp3) is 0.0227. The lowest BCUT2D eigenvalue weighted by Crippen LogP contribution is -1.97. The monoisotopic (exact) mass is 601 g/mol. The summed E-state index contributed by atoms with van der Waals surface area (Å²) in [7, 11) is 0. The standard InChI is InChI=1S/C44H31N3/c1-30-19-23-37(24-20-30)46-41-25-21-33(31-11-4-2-5-12-31)28-38(41)39-29-34(22-26-42(39)46)32-13-10-14-35(27-32)44-45-40-17-8-9-18-43(40)47(44)36-15-6-3-7-16-36/h2-29H,1H3. The summed E-state index contributed by atoms with van der Waals surface area (Å²) >= 11 is 0. The third-order valence-corrected chi connectivity index (χ3v) is 9.19. The molecule has 0 aliphatic rings. The molecule has 3 heteroatoms. The van der Waals surface area contributed by atoms with Crippen LogP contribution < -0.4 is 0 Å². The van der Waals surface area contributed by atoms with Gasteiger partial charge in [-0.3, -0.25) is 4.57 Å².